The predicted octanol–water partition coefficient (Wildman–Crippen LogP) is 3.51. The predicted molar refractivity (Wildman–Crippen MR) is 74.4 cm³/mol. The summed E-state index contributed by atoms with van der Waals surface area (Å²) in [5, 5.41) is 1.23. The van der Waals surface area contributed by atoms with Crippen LogP contribution in [-0.2, 0) is 5.41 Å². The molecule has 1 atom stereocenters. The Morgan fingerprint density at radius 2 is 1.25 bits per heavy atom. The molecule has 1 heteroatoms. The molecule has 0 spiro atoms. The summed E-state index contributed by atoms with van der Waals surface area (Å²) in [4.78, 5) is 0. The van der Waals surface area contributed by atoms with Crippen LogP contribution in [0.4, 0.5) is 0 Å². The third-order valence-corrected chi connectivity index (χ3v) is 3.51. The van der Waals surface area contributed by atoms with E-state index in [0.29, 0.717) is 0 Å². The fourth-order valence-corrected chi connectivity index (χ4v) is 2.11. The second kappa shape index (κ2) is 4.39. The van der Waals surface area contributed by atoms with Gasteiger partial charge in [0.25, 0.3) is 0 Å². The van der Waals surface area contributed by atoms with E-state index in [1.807, 2.05) is 0 Å². The number of hydrogen-bond acceptors (Lipinski definition) is 0. The van der Waals surface area contributed by atoms with Gasteiger partial charge in [0, 0.05) is 5.41 Å². The molecule has 0 aliphatic carbocycles. The zero-order chi connectivity index (χ0) is 11.6. The van der Waals surface area contributed by atoms with Gasteiger partial charge in [-0.1, -0.05) is 68.4 Å². The van der Waals surface area contributed by atoms with Crippen LogP contribution in [0.5, 0.6) is 0 Å². The molecular formula is C15H17P. The molecule has 0 fully saturated rings. The fourth-order valence-electron chi connectivity index (χ4n) is 1.92. The standard InChI is InChI=1S/C15H17P/c1-15(2,12-6-4-3-5-7-12)13-8-10-14(16)11-9-13/h3-11H,16H2,1-2H3. The lowest BCUT2D eigenvalue weighted by molar-refractivity contribution is 0.641. The summed E-state index contributed by atoms with van der Waals surface area (Å²) in [6.45, 7) is 4.53. The second-order valence-electron chi connectivity index (χ2n) is 4.61. The summed E-state index contributed by atoms with van der Waals surface area (Å²) in [7, 11) is 2.72. The first-order valence-electron chi connectivity index (χ1n) is 5.52. The average molecular weight is 228 g/mol. The third kappa shape index (κ3) is 2.18. The van der Waals surface area contributed by atoms with Crippen LogP contribution in [0, 0.1) is 0 Å². The Hall–Kier alpha value is -1.13. The van der Waals surface area contributed by atoms with Gasteiger partial charge < -0.3 is 0 Å². The van der Waals surface area contributed by atoms with Crippen LogP contribution in [0.1, 0.15) is 25.0 Å². The molecule has 0 nitrogen and oxygen atoms in total. The van der Waals surface area contributed by atoms with Crippen LogP contribution in [0.2, 0.25) is 0 Å². The lowest BCUT2D eigenvalue weighted by Crippen LogP contribution is -2.19. The zero-order valence-corrected chi connectivity index (χ0v) is 10.9. The molecule has 0 N–H and O–H groups in total. The molecule has 2 aromatic carbocycles. The molecule has 0 aliphatic rings. The van der Waals surface area contributed by atoms with Crippen LogP contribution >= 0.6 is 9.24 Å². The molecule has 0 aliphatic heterocycles. The second-order valence-corrected chi connectivity index (χ2v) is 5.28. The highest BCUT2D eigenvalue weighted by molar-refractivity contribution is 7.27. The van der Waals surface area contributed by atoms with E-state index in [9.17, 15) is 0 Å². The molecule has 2 aromatic rings. The maximum atomic E-state index is 2.72. The number of benzene rings is 2. The van der Waals surface area contributed by atoms with E-state index in [0.717, 1.165) is 0 Å². The summed E-state index contributed by atoms with van der Waals surface area (Å²) >= 11 is 0. The van der Waals surface area contributed by atoms with E-state index < -0.39 is 0 Å². The monoisotopic (exact) mass is 228 g/mol. The first-order chi connectivity index (χ1) is 7.60. The molecule has 0 saturated heterocycles. The number of hydrogen-bond donors (Lipinski definition) is 0. The van der Waals surface area contributed by atoms with Gasteiger partial charge in [0.05, 0.1) is 0 Å². The summed E-state index contributed by atoms with van der Waals surface area (Å²) in [5.74, 6) is 0. The van der Waals surface area contributed by atoms with Crippen molar-refractivity contribution in [2.75, 3.05) is 0 Å². The Morgan fingerprint density at radius 1 is 0.750 bits per heavy atom. The highest BCUT2D eigenvalue weighted by atomic mass is 31.0. The SMILES string of the molecule is CC(C)(c1ccccc1)c1ccc(P)cc1. The van der Waals surface area contributed by atoms with Gasteiger partial charge in [-0.25, -0.2) is 0 Å². The van der Waals surface area contributed by atoms with Gasteiger partial charge in [-0.15, -0.1) is 9.24 Å². The van der Waals surface area contributed by atoms with Crippen molar-refractivity contribution in [3.63, 3.8) is 0 Å². The van der Waals surface area contributed by atoms with Crippen LogP contribution in [0.3, 0.4) is 0 Å². The summed E-state index contributed by atoms with van der Waals surface area (Å²) < 4.78 is 0. The van der Waals surface area contributed by atoms with E-state index in [1.54, 1.807) is 0 Å². The summed E-state index contributed by atoms with van der Waals surface area (Å²) in [6.07, 6.45) is 0. The van der Waals surface area contributed by atoms with Gasteiger partial charge in [-0.2, -0.15) is 0 Å². The van der Waals surface area contributed by atoms with Crippen molar-refractivity contribution in [1.29, 1.82) is 0 Å². The van der Waals surface area contributed by atoms with E-state index in [-0.39, 0.29) is 5.41 Å². The molecule has 1 unspecified atom stereocenters. The molecule has 2 rings (SSSR count). The molecule has 0 radical (unpaired) electrons. The van der Waals surface area contributed by atoms with Crippen LogP contribution in [0.25, 0.3) is 0 Å². The maximum Gasteiger partial charge on any atom is 0.0146 e. The van der Waals surface area contributed by atoms with Crippen LogP contribution in [0.15, 0.2) is 54.6 Å². The zero-order valence-electron chi connectivity index (χ0n) is 9.77. The van der Waals surface area contributed by atoms with Gasteiger partial charge in [-0.05, 0) is 16.4 Å². The smallest absolute Gasteiger partial charge is 0.0146 e. The first-order valence-corrected chi connectivity index (χ1v) is 6.10. The quantitative estimate of drug-likeness (QED) is 0.690. The highest BCUT2D eigenvalue weighted by Crippen LogP contribution is 2.30. The fraction of sp³-hybridized carbons (Fsp3) is 0.200. The van der Waals surface area contributed by atoms with E-state index in [1.165, 1.54) is 16.4 Å². The molecule has 0 amide bonds. The van der Waals surface area contributed by atoms with Crippen molar-refractivity contribution in [2.24, 2.45) is 0 Å². The molecular weight excluding hydrogens is 211 g/mol. The normalized spacial score (nSPS) is 11.4. The van der Waals surface area contributed by atoms with Gasteiger partial charge in [0.1, 0.15) is 0 Å². The molecule has 0 aromatic heterocycles. The Morgan fingerprint density at radius 3 is 1.81 bits per heavy atom. The van der Waals surface area contributed by atoms with E-state index in [2.05, 4.69) is 77.7 Å². The number of rotatable bonds is 2. The average Bonchev–Trinajstić information content (AvgIpc) is 2.31. The van der Waals surface area contributed by atoms with Gasteiger partial charge in [0.15, 0.2) is 0 Å². The molecule has 16 heavy (non-hydrogen) atoms. The van der Waals surface area contributed by atoms with Gasteiger partial charge in [-0.3, -0.25) is 0 Å². The lowest BCUT2D eigenvalue weighted by atomic mass is 9.78. The summed E-state index contributed by atoms with van der Waals surface area (Å²) in [5.41, 5.74) is 2.77. The molecule has 0 saturated carbocycles. The minimum Gasteiger partial charge on any atom is -0.106 e. The molecule has 0 heterocycles. The van der Waals surface area contributed by atoms with Crippen molar-refractivity contribution in [1.82, 2.24) is 0 Å². The Bertz CT molecular complexity index is 455. The minimum absolute atomic E-state index is 0.0691. The van der Waals surface area contributed by atoms with Crippen LogP contribution in [-0.4, -0.2) is 0 Å². The van der Waals surface area contributed by atoms with Crippen molar-refractivity contribution in [2.45, 2.75) is 19.3 Å². The van der Waals surface area contributed by atoms with Crippen molar-refractivity contribution in [3.8, 4) is 0 Å². The van der Waals surface area contributed by atoms with E-state index in [4.69, 9.17) is 0 Å². The minimum atomic E-state index is 0.0691. The van der Waals surface area contributed by atoms with Crippen molar-refractivity contribution in [3.05, 3.63) is 65.7 Å². The highest BCUT2D eigenvalue weighted by Gasteiger charge is 2.22. The summed E-state index contributed by atoms with van der Waals surface area (Å²) in [6, 6.07) is 19.3. The Labute approximate surface area is 99.9 Å². The third-order valence-electron chi connectivity index (χ3n) is 3.13. The van der Waals surface area contributed by atoms with Gasteiger partial charge >= 0.3 is 0 Å². The van der Waals surface area contributed by atoms with Crippen molar-refractivity contribution < 1.29 is 0 Å². The molecule has 82 valence electrons. The topological polar surface area (TPSA) is 0 Å². The molecule has 0 bridgehead atoms. The van der Waals surface area contributed by atoms with Gasteiger partial charge in [0.2, 0.25) is 0 Å². The lowest BCUT2D eigenvalue weighted by Gasteiger charge is -2.26. The first kappa shape index (κ1) is 11.4. The van der Waals surface area contributed by atoms with Crippen molar-refractivity contribution >= 4 is 14.5 Å². The Balaban J connectivity index is 2.43. The van der Waals surface area contributed by atoms with E-state index >= 15 is 0 Å². The largest absolute Gasteiger partial charge is 0.106 e. The Kier molecular flexibility index (Phi) is 3.12. The maximum absolute atomic E-state index is 2.72. The van der Waals surface area contributed by atoms with Crippen LogP contribution < -0.4 is 5.30 Å².